The van der Waals surface area contributed by atoms with E-state index in [-0.39, 0.29) is 24.0 Å². The van der Waals surface area contributed by atoms with E-state index in [0.29, 0.717) is 0 Å². The van der Waals surface area contributed by atoms with Crippen LogP contribution in [0.4, 0.5) is 11.4 Å². The van der Waals surface area contributed by atoms with Crippen molar-refractivity contribution in [2.45, 2.75) is 19.9 Å². The molecule has 0 saturated carbocycles. The van der Waals surface area contributed by atoms with Gasteiger partial charge in [-0.25, -0.2) is 0 Å². The van der Waals surface area contributed by atoms with Crippen LogP contribution in [0.3, 0.4) is 0 Å². The number of ether oxygens (including phenoxy) is 1. The van der Waals surface area contributed by atoms with Crippen molar-refractivity contribution in [3.8, 4) is 0 Å². The Hall–Kier alpha value is -2.00. The van der Waals surface area contributed by atoms with Crippen molar-refractivity contribution >= 4 is 41.3 Å². The number of para-hydroxylation sites is 1. The van der Waals surface area contributed by atoms with Crippen LogP contribution in [0, 0.1) is 0 Å². The molecule has 0 aliphatic carbocycles. The normalized spacial score (nSPS) is 14.0. The summed E-state index contributed by atoms with van der Waals surface area (Å²) in [4.78, 5) is 9.12. The molecule has 31 heavy (non-hydrogen) atoms. The van der Waals surface area contributed by atoms with Gasteiger partial charge in [0.1, 0.15) is 0 Å². The van der Waals surface area contributed by atoms with Crippen LogP contribution in [0.25, 0.3) is 0 Å². The Bertz CT molecular complexity index is 763. The van der Waals surface area contributed by atoms with Crippen molar-refractivity contribution in [2.24, 2.45) is 4.99 Å². The second kappa shape index (κ2) is 14.1. The highest BCUT2D eigenvalue weighted by molar-refractivity contribution is 14.0. The third kappa shape index (κ3) is 8.22. The maximum Gasteiger partial charge on any atom is 0.191 e. The summed E-state index contributed by atoms with van der Waals surface area (Å²) in [5.41, 5.74) is 3.79. The van der Waals surface area contributed by atoms with Gasteiger partial charge in [-0.1, -0.05) is 30.3 Å². The summed E-state index contributed by atoms with van der Waals surface area (Å²) in [6, 6.07) is 19.3. The Balaban J connectivity index is 0.00000341. The zero-order valence-corrected chi connectivity index (χ0v) is 21.0. The van der Waals surface area contributed by atoms with E-state index in [1.165, 1.54) is 16.9 Å². The molecule has 0 aromatic heterocycles. The van der Waals surface area contributed by atoms with Gasteiger partial charge in [-0.2, -0.15) is 0 Å². The van der Waals surface area contributed by atoms with E-state index in [9.17, 15) is 0 Å². The third-order valence-corrected chi connectivity index (χ3v) is 5.40. The van der Waals surface area contributed by atoms with E-state index in [4.69, 9.17) is 4.74 Å². The fraction of sp³-hybridized carbons (Fsp3) is 0.458. The van der Waals surface area contributed by atoms with E-state index in [0.717, 1.165) is 64.9 Å². The second-order valence-corrected chi connectivity index (χ2v) is 7.39. The molecular formula is C24H36IN5O. The predicted octanol–water partition coefficient (Wildman–Crippen LogP) is 3.72. The summed E-state index contributed by atoms with van der Waals surface area (Å²) >= 11 is 0. The Morgan fingerprint density at radius 3 is 2.39 bits per heavy atom. The lowest BCUT2D eigenvalue weighted by Gasteiger charge is -2.29. The van der Waals surface area contributed by atoms with E-state index >= 15 is 0 Å². The smallest absolute Gasteiger partial charge is 0.191 e. The van der Waals surface area contributed by atoms with Crippen molar-refractivity contribution < 1.29 is 4.74 Å². The molecule has 1 aliphatic rings. The Kier molecular flexibility index (Phi) is 11.5. The second-order valence-electron chi connectivity index (χ2n) is 7.39. The topological polar surface area (TPSA) is 52.1 Å². The third-order valence-electron chi connectivity index (χ3n) is 5.40. The van der Waals surface area contributed by atoms with Crippen molar-refractivity contribution in [2.75, 3.05) is 62.8 Å². The molecule has 0 amide bonds. The van der Waals surface area contributed by atoms with Crippen LogP contribution < -0.4 is 20.4 Å². The fourth-order valence-electron chi connectivity index (χ4n) is 3.64. The van der Waals surface area contributed by atoms with Crippen molar-refractivity contribution in [1.29, 1.82) is 0 Å². The molecule has 0 spiro atoms. The maximum atomic E-state index is 5.43. The first-order valence-corrected chi connectivity index (χ1v) is 11.0. The molecule has 0 radical (unpaired) electrons. The summed E-state index contributed by atoms with van der Waals surface area (Å²) in [5, 5.41) is 6.83. The van der Waals surface area contributed by atoms with Gasteiger partial charge in [0.25, 0.3) is 0 Å². The standard InChI is InChI=1S/C24H35N5O.HI/c1-3-28(22-8-5-4-6-9-22)15-7-14-26-24(25-2)27-20-21-10-12-23(13-11-21)29-16-18-30-19-17-29;/h4-6,8-13H,3,7,14-20H2,1-2H3,(H2,25,26,27);1H. The van der Waals surface area contributed by atoms with Gasteiger partial charge in [0.15, 0.2) is 5.96 Å². The first-order valence-electron chi connectivity index (χ1n) is 11.0. The minimum Gasteiger partial charge on any atom is -0.378 e. The number of halogens is 1. The Morgan fingerprint density at radius 1 is 1.03 bits per heavy atom. The zero-order chi connectivity index (χ0) is 21.0. The van der Waals surface area contributed by atoms with Gasteiger partial charge < -0.3 is 25.2 Å². The molecule has 2 N–H and O–H groups in total. The molecule has 3 rings (SSSR count). The molecule has 0 bridgehead atoms. The van der Waals surface area contributed by atoms with Gasteiger partial charge in [0, 0.05) is 57.7 Å². The van der Waals surface area contributed by atoms with Crippen LogP contribution in [0.15, 0.2) is 59.6 Å². The van der Waals surface area contributed by atoms with Gasteiger partial charge in [0.05, 0.1) is 13.2 Å². The number of hydrogen-bond donors (Lipinski definition) is 2. The van der Waals surface area contributed by atoms with Gasteiger partial charge in [-0.3, -0.25) is 4.99 Å². The number of hydrogen-bond acceptors (Lipinski definition) is 4. The summed E-state index contributed by atoms with van der Waals surface area (Å²) in [6.45, 7) is 9.43. The molecule has 1 saturated heterocycles. The molecule has 0 unspecified atom stereocenters. The van der Waals surface area contributed by atoms with E-state index in [1.807, 2.05) is 7.05 Å². The van der Waals surface area contributed by atoms with Crippen molar-refractivity contribution in [1.82, 2.24) is 10.6 Å². The summed E-state index contributed by atoms with van der Waals surface area (Å²) in [6.07, 6.45) is 1.05. The maximum absolute atomic E-state index is 5.43. The highest BCUT2D eigenvalue weighted by atomic mass is 127. The molecule has 1 aliphatic heterocycles. The average Bonchev–Trinajstić information content (AvgIpc) is 2.82. The lowest BCUT2D eigenvalue weighted by molar-refractivity contribution is 0.122. The van der Waals surface area contributed by atoms with Crippen LogP contribution >= 0.6 is 24.0 Å². The Labute approximate surface area is 204 Å². The van der Waals surface area contributed by atoms with Gasteiger partial charge >= 0.3 is 0 Å². The minimum absolute atomic E-state index is 0. The van der Waals surface area contributed by atoms with Crippen molar-refractivity contribution in [3.63, 3.8) is 0 Å². The fourth-order valence-corrected chi connectivity index (χ4v) is 3.64. The number of nitrogens with one attached hydrogen (secondary N) is 2. The summed E-state index contributed by atoms with van der Waals surface area (Å²) in [7, 11) is 1.82. The number of rotatable bonds is 9. The molecule has 1 heterocycles. The van der Waals surface area contributed by atoms with Gasteiger partial charge in [-0.15, -0.1) is 24.0 Å². The van der Waals surface area contributed by atoms with E-state index < -0.39 is 0 Å². The van der Waals surface area contributed by atoms with Crippen molar-refractivity contribution in [3.05, 3.63) is 60.2 Å². The molecule has 2 aromatic rings. The van der Waals surface area contributed by atoms with Crippen LogP contribution in [0.1, 0.15) is 18.9 Å². The van der Waals surface area contributed by atoms with Crippen LogP contribution in [-0.4, -0.2) is 58.9 Å². The molecule has 7 heteroatoms. The van der Waals surface area contributed by atoms with Crippen LogP contribution in [0.5, 0.6) is 0 Å². The number of morpholine rings is 1. The summed E-state index contributed by atoms with van der Waals surface area (Å²) in [5.74, 6) is 0.843. The predicted molar refractivity (Wildman–Crippen MR) is 142 cm³/mol. The quantitative estimate of drug-likeness (QED) is 0.221. The molecule has 1 fully saturated rings. The largest absolute Gasteiger partial charge is 0.378 e. The van der Waals surface area contributed by atoms with E-state index in [2.05, 4.69) is 86.9 Å². The number of aliphatic imine (C=N–C) groups is 1. The Morgan fingerprint density at radius 2 is 1.74 bits per heavy atom. The number of anilines is 2. The molecule has 2 aromatic carbocycles. The van der Waals surface area contributed by atoms with E-state index in [1.54, 1.807) is 0 Å². The SMILES string of the molecule is CCN(CCCNC(=NC)NCc1ccc(N2CCOCC2)cc1)c1ccccc1.I. The minimum atomic E-state index is 0. The molecular weight excluding hydrogens is 501 g/mol. The molecule has 6 nitrogen and oxygen atoms in total. The monoisotopic (exact) mass is 537 g/mol. The van der Waals surface area contributed by atoms with Gasteiger partial charge in [0.2, 0.25) is 0 Å². The summed E-state index contributed by atoms with van der Waals surface area (Å²) < 4.78 is 5.43. The lowest BCUT2D eigenvalue weighted by Crippen LogP contribution is -2.38. The number of guanidine groups is 1. The first kappa shape index (κ1) is 25.3. The van der Waals surface area contributed by atoms with Crippen LogP contribution in [0.2, 0.25) is 0 Å². The zero-order valence-electron chi connectivity index (χ0n) is 18.7. The highest BCUT2D eigenvalue weighted by Crippen LogP contribution is 2.16. The number of benzene rings is 2. The lowest BCUT2D eigenvalue weighted by atomic mass is 10.2. The highest BCUT2D eigenvalue weighted by Gasteiger charge is 2.10. The average molecular weight is 537 g/mol. The molecule has 0 atom stereocenters. The van der Waals surface area contributed by atoms with Gasteiger partial charge in [-0.05, 0) is 43.2 Å². The first-order chi connectivity index (χ1) is 14.8. The number of nitrogens with zero attached hydrogens (tertiary/aromatic N) is 3. The van der Waals surface area contributed by atoms with Crippen LogP contribution in [-0.2, 0) is 11.3 Å². The molecule has 170 valence electrons.